The first-order chi connectivity index (χ1) is 6.40. The molecular formula is C10H9BrN2. The van der Waals surface area contributed by atoms with Gasteiger partial charge in [-0.2, -0.15) is 5.10 Å². The molecule has 66 valence electrons. The van der Waals surface area contributed by atoms with E-state index in [9.17, 15) is 0 Å². The van der Waals surface area contributed by atoms with Gasteiger partial charge in [-0.3, -0.25) is 5.10 Å². The Balaban J connectivity index is 2.36. The van der Waals surface area contributed by atoms with E-state index in [1.54, 1.807) is 0 Å². The number of hydrogen-bond donors (Lipinski definition) is 1. The van der Waals surface area contributed by atoms with E-state index in [1.165, 1.54) is 5.56 Å². The normalized spacial score (nSPS) is 10.2. The van der Waals surface area contributed by atoms with Crippen LogP contribution in [0.5, 0.6) is 0 Å². The fourth-order valence-corrected chi connectivity index (χ4v) is 1.48. The molecule has 0 aliphatic rings. The molecule has 13 heavy (non-hydrogen) atoms. The molecule has 2 nitrogen and oxygen atoms in total. The van der Waals surface area contributed by atoms with E-state index >= 15 is 0 Å². The minimum atomic E-state index is 0.788. The van der Waals surface area contributed by atoms with Crippen LogP contribution >= 0.6 is 15.9 Å². The number of aromatic nitrogens is 2. The summed E-state index contributed by atoms with van der Waals surface area (Å²) >= 11 is 3.36. The van der Waals surface area contributed by atoms with Gasteiger partial charge in [-0.05, 0) is 11.6 Å². The third-order valence-corrected chi connectivity index (χ3v) is 2.43. The van der Waals surface area contributed by atoms with Gasteiger partial charge in [0, 0.05) is 5.33 Å². The van der Waals surface area contributed by atoms with Crippen LogP contribution in [0.3, 0.4) is 0 Å². The molecule has 0 fully saturated rings. The predicted octanol–water partition coefficient (Wildman–Crippen LogP) is 2.97. The number of benzene rings is 1. The van der Waals surface area contributed by atoms with Crippen molar-refractivity contribution >= 4 is 15.9 Å². The first-order valence-corrected chi connectivity index (χ1v) is 5.18. The SMILES string of the molecule is BrCc1cc(-c2ccccc2)[nH]n1. The molecule has 0 unspecified atom stereocenters. The predicted molar refractivity (Wildman–Crippen MR) is 56.7 cm³/mol. The van der Waals surface area contributed by atoms with Crippen LogP contribution in [0.4, 0.5) is 0 Å². The summed E-state index contributed by atoms with van der Waals surface area (Å²) in [4.78, 5) is 0. The van der Waals surface area contributed by atoms with Gasteiger partial charge in [0.1, 0.15) is 0 Å². The molecule has 0 aliphatic carbocycles. The Bertz CT molecular complexity index is 381. The van der Waals surface area contributed by atoms with E-state index in [1.807, 2.05) is 24.3 Å². The Kier molecular flexibility index (Phi) is 2.45. The van der Waals surface area contributed by atoms with Crippen molar-refractivity contribution in [2.24, 2.45) is 0 Å². The van der Waals surface area contributed by atoms with Gasteiger partial charge in [0.25, 0.3) is 0 Å². The van der Waals surface area contributed by atoms with Crippen molar-refractivity contribution in [1.82, 2.24) is 10.2 Å². The maximum atomic E-state index is 4.14. The van der Waals surface area contributed by atoms with Crippen LogP contribution in [0.25, 0.3) is 11.3 Å². The second-order valence-electron chi connectivity index (χ2n) is 2.77. The summed E-state index contributed by atoms with van der Waals surface area (Å²) in [6, 6.07) is 12.2. The third kappa shape index (κ3) is 1.80. The number of aromatic amines is 1. The molecule has 2 rings (SSSR count). The van der Waals surface area contributed by atoms with Gasteiger partial charge >= 0.3 is 0 Å². The number of nitrogens with one attached hydrogen (secondary N) is 1. The van der Waals surface area contributed by atoms with Gasteiger partial charge in [0.05, 0.1) is 11.4 Å². The molecule has 1 aromatic carbocycles. The van der Waals surface area contributed by atoms with Crippen molar-refractivity contribution in [3.63, 3.8) is 0 Å². The summed E-state index contributed by atoms with van der Waals surface area (Å²) in [5.74, 6) is 0. The zero-order valence-electron chi connectivity index (χ0n) is 7.00. The molecule has 0 aliphatic heterocycles. The van der Waals surface area contributed by atoms with E-state index in [-0.39, 0.29) is 0 Å². The molecule has 0 atom stereocenters. The van der Waals surface area contributed by atoms with Crippen LogP contribution in [0.15, 0.2) is 36.4 Å². The highest BCUT2D eigenvalue weighted by molar-refractivity contribution is 9.08. The molecule has 2 aromatic rings. The smallest absolute Gasteiger partial charge is 0.0734 e. The minimum Gasteiger partial charge on any atom is -0.278 e. The average Bonchev–Trinajstić information content (AvgIpc) is 2.67. The van der Waals surface area contributed by atoms with Gasteiger partial charge < -0.3 is 0 Å². The van der Waals surface area contributed by atoms with E-state index in [4.69, 9.17) is 0 Å². The Morgan fingerprint density at radius 3 is 2.62 bits per heavy atom. The lowest BCUT2D eigenvalue weighted by Crippen LogP contribution is -1.75. The lowest BCUT2D eigenvalue weighted by atomic mass is 10.1. The second-order valence-corrected chi connectivity index (χ2v) is 3.33. The zero-order valence-corrected chi connectivity index (χ0v) is 8.58. The summed E-state index contributed by atoms with van der Waals surface area (Å²) in [7, 11) is 0. The summed E-state index contributed by atoms with van der Waals surface area (Å²) in [5.41, 5.74) is 3.26. The highest BCUT2D eigenvalue weighted by Gasteiger charge is 2.00. The van der Waals surface area contributed by atoms with Crippen LogP contribution in [0, 0.1) is 0 Å². The monoisotopic (exact) mass is 236 g/mol. The number of alkyl halides is 1. The van der Waals surface area contributed by atoms with Gasteiger partial charge in [-0.15, -0.1) is 0 Å². The van der Waals surface area contributed by atoms with Gasteiger partial charge in [-0.1, -0.05) is 46.3 Å². The van der Waals surface area contributed by atoms with Gasteiger partial charge in [-0.25, -0.2) is 0 Å². The fourth-order valence-electron chi connectivity index (χ4n) is 1.20. The molecule has 0 amide bonds. The first kappa shape index (κ1) is 8.51. The Hall–Kier alpha value is -1.09. The quantitative estimate of drug-likeness (QED) is 0.799. The topological polar surface area (TPSA) is 28.7 Å². The molecule has 0 bridgehead atoms. The van der Waals surface area contributed by atoms with E-state index in [0.29, 0.717) is 0 Å². The third-order valence-electron chi connectivity index (χ3n) is 1.85. The lowest BCUT2D eigenvalue weighted by Gasteiger charge is -1.93. The Morgan fingerprint density at radius 1 is 1.23 bits per heavy atom. The molecule has 1 heterocycles. The summed E-state index contributed by atoms with van der Waals surface area (Å²) in [6.45, 7) is 0. The standard InChI is InChI=1S/C10H9BrN2/c11-7-9-6-10(13-12-9)8-4-2-1-3-5-8/h1-6H,7H2,(H,12,13). The zero-order chi connectivity index (χ0) is 9.10. The number of nitrogens with zero attached hydrogens (tertiary/aromatic N) is 1. The fraction of sp³-hybridized carbons (Fsp3) is 0.100. The molecule has 0 radical (unpaired) electrons. The van der Waals surface area contributed by atoms with E-state index < -0.39 is 0 Å². The van der Waals surface area contributed by atoms with Crippen LogP contribution in [0.1, 0.15) is 5.69 Å². The number of hydrogen-bond acceptors (Lipinski definition) is 1. The average molecular weight is 237 g/mol. The van der Waals surface area contributed by atoms with E-state index in [2.05, 4.69) is 38.3 Å². The maximum absolute atomic E-state index is 4.14. The molecule has 1 N–H and O–H groups in total. The van der Waals surface area contributed by atoms with Gasteiger partial charge in [0.15, 0.2) is 0 Å². The molecule has 1 aromatic heterocycles. The lowest BCUT2D eigenvalue weighted by molar-refractivity contribution is 1.04. The van der Waals surface area contributed by atoms with Crippen molar-refractivity contribution in [1.29, 1.82) is 0 Å². The summed E-state index contributed by atoms with van der Waals surface area (Å²) < 4.78 is 0. The second kappa shape index (κ2) is 3.75. The summed E-state index contributed by atoms with van der Waals surface area (Å²) in [6.07, 6.45) is 0. The summed E-state index contributed by atoms with van der Waals surface area (Å²) in [5, 5.41) is 7.92. The largest absolute Gasteiger partial charge is 0.278 e. The van der Waals surface area contributed by atoms with Crippen molar-refractivity contribution < 1.29 is 0 Å². The van der Waals surface area contributed by atoms with Crippen molar-refractivity contribution in [3.05, 3.63) is 42.1 Å². The van der Waals surface area contributed by atoms with Crippen LogP contribution in [-0.4, -0.2) is 10.2 Å². The van der Waals surface area contributed by atoms with Gasteiger partial charge in [0.2, 0.25) is 0 Å². The molecular weight excluding hydrogens is 228 g/mol. The van der Waals surface area contributed by atoms with E-state index in [0.717, 1.165) is 16.7 Å². The van der Waals surface area contributed by atoms with Crippen molar-refractivity contribution in [2.45, 2.75) is 5.33 Å². The molecule has 3 heteroatoms. The molecule has 0 saturated heterocycles. The number of halogens is 1. The van der Waals surface area contributed by atoms with Crippen LogP contribution in [0.2, 0.25) is 0 Å². The highest BCUT2D eigenvalue weighted by Crippen LogP contribution is 2.17. The highest BCUT2D eigenvalue weighted by atomic mass is 79.9. The molecule has 0 spiro atoms. The van der Waals surface area contributed by atoms with Crippen LogP contribution in [-0.2, 0) is 5.33 Å². The first-order valence-electron chi connectivity index (χ1n) is 4.06. The Labute approximate surface area is 85.1 Å². The van der Waals surface area contributed by atoms with Crippen molar-refractivity contribution in [3.8, 4) is 11.3 Å². The minimum absolute atomic E-state index is 0.788. The maximum Gasteiger partial charge on any atom is 0.0734 e. The van der Waals surface area contributed by atoms with Crippen LogP contribution < -0.4 is 0 Å². The van der Waals surface area contributed by atoms with Crippen molar-refractivity contribution in [2.75, 3.05) is 0 Å². The Morgan fingerprint density at radius 2 is 2.00 bits per heavy atom. The number of H-pyrrole nitrogens is 1. The number of rotatable bonds is 2. The molecule has 0 saturated carbocycles.